The molecule has 1 amide bonds. The number of hydrogen-bond acceptors (Lipinski definition) is 4. The molecule has 1 heterocycles. The molecule has 5 heteroatoms. The number of hydrogen-bond donors (Lipinski definition) is 1. The van der Waals surface area contributed by atoms with Crippen LogP contribution in [0.25, 0.3) is 6.08 Å². The van der Waals surface area contributed by atoms with Crippen molar-refractivity contribution < 1.29 is 19.0 Å². The Balaban J connectivity index is 1.34. The second kappa shape index (κ2) is 10.7. The molecule has 5 rings (SSSR count). The van der Waals surface area contributed by atoms with Gasteiger partial charge in [0.2, 0.25) is 5.91 Å². The molecule has 5 nitrogen and oxygen atoms in total. The van der Waals surface area contributed by atoms with Crippen molar-refractivity contribution in [3.63, 3.8) is 0 Å². The fourth-order valence-electron chi connectivity index (χ4n) is 4.84. The second-order valence-electron chi connectivity index (χ2n) is 9.20. The van der Waals surface area contributed by atoms with Gasteiger partial charge in [-0.2, -0.15) is 0 Å². The number of rotatable bonds is 7. The Morgan fingerprint density at radius 2 is 1.69 bits per heavy atom. The van der Waals surface area contributed by atoms with Crippen LogP contribution < -0.4 is 19.5 Å². The van der Waals surface area contributed by atoms with Crippen molar-refractivity contribution in [3.8, 4) is 23.0 Å². The van der Waals surface area contributed by atoms with Gasteiger partial charge in [0.15, 0.2) is 11.5 Å². The van der Waals surface area contributed by atoms with Gasteiger partial charge in [-0.05, 0) is 85.7 Å². The molecule has 3 aromatic carbocycles. The van der Waals surface area contributed by atoms with Crippen molar-refractivity contribution >= 4 is 12.0 Å². The van der Waals surface area contributed by atoms with Crippen LogP contribution in [0.2, 0.25) is 0 Å². The van der Waals surface area contributed by atoms with E-state index < -0.39 is 0 Å². The van der Waals surface area contributed by atoms with E-state index in [1.54, 1.807) is 7.11 Å². The third-order valence-electron chi connectivity index (χ3n) is 6.70. The molecule has 1 N–H and O–H groups in total. The first-order valence-corrected chi connectivity index (χ1v) is 12.3. The van der Waals surface area contributed by atoms with E-state index in [2.05, 4.69) is 17.4 Å². The molecule has 3 aromatic rings. The molecule has 0 aromatic heterocycles. The topological polar surface area (TPSA) is 56.8 Å². The molecular weight excluding hydrogens is 438 g/mol. The van der Waals surface area contributed by atoms with Gasteiger partial charge in [-0.25, -0.2) is 0 Å². The maximum Gasteiger partial charge on any atom is 0.247 e. The summed E-state index contributed by atoms with van der Waals surface area (Å²) in [5.41, 5.74) is 2.84. The lowest BCUT2D eigenvalue weighted by molar-refractivity contribution is -0.118. The van der Waals surface area contributed by atoms with Crippen molar-refractivity contribution in [2.24, 2.45) is 0 Å². The molecule has 1 atom stereocenters. The number of piperidine rings is 1. The van der Waals surface area contributed by atoms with E-state index in [-0.39, 0.29) is 17.9 Å². The van der Waals surface area contributed by atoms with Crippen LogP contribution in [0.4, 0.5) is 0 Å². The molecule has 1 saturated carbocycles. The van der Waals surface area contributed by atoms with Crippen LogP contribution in [-0.4, -0.2) is 25.7 Å². The van der Waals surface area contributed by atoms with E-state index >= 15 is 0 Å². The molecule has 180 valence electrons. The minimum Gasteiger partial charge on any atom is -0.493 e. The summed E-state index contributed by atoms with van der Waals surface area (Å²) in [6, 6.07) is 23.6. The first-order valence-electron chi connectivity index (χ1n) is 12.3. The number of carbonyl (C=O) groups excluding carboxylic acids is 1. The molecule has 1 unspecified atom stereocenters. The highest BCUT2D eigenvalue weighted by atomic mass is 16.5. The standard InChI is InChI=1S/C30H31NO4/c1-33-28-15-14-22(19-29(28)35-26-11-5-6-12-26)24-18-23(30(32)31-20-24)16-21-8-7-13-27(17-21)34-25-9-3-2-4-10-25/h2-4,7-10,13-17,19,24,26H,5-6,11-12,18,20H2,1H3,(H,31,32). The predicted octanol–water partition coefficient (Wildman–Crippen LogP) is 6.50. The molecule has 1 aliphatic heterocycles. The highest BCUT2D eigenvalue weighted by Gasteiger charge is 2.26. The summed E-state index contributed by atoms with van der Waals surface area (Å²) in [6.45, 7) is 0.600. The summed E-state index contributed by atoms with van der Waals surface area (Å²) in [7, 11) is 1.67. The minimum absolute atomic E-state index is 0.0217. The summed E-state index contributed by atoms with van der Waals surface area (Å²) in [4.78, 5) is 12.7. The van der Waals surface area contributed by atoms with Crippen LogP contribution >= 0.6 is 0 Å². The zero-order valence-corrected chi connectivity index (χ0v) is 20.0. The highest BCUT2D eigenvalue weighted by Crippen LogP contribution is 2.37. The summed E-state index contributed by atoms with van der Waals surface area (Å²) in [5.74, 6) is 3.22. The number of methoxy groups -OCH3 is 1. The quantitative estimate of drug-likeness (QED) is 0.402. The Morgan fingerprint density at radius 1 is 0.886 bits per heavy atom. The Hall–Kier alpha value is -3.73. The van der Waals surface area contributed by atoms with E-state index in [0.717, 1.165) is 52.5 Å². The molecule has 2 fully saturated rings. The monoisotopic (exact) mass is 469 g/mol. The van der Waals surface area contributed by atoms with Crippen molar-refractivity contribution in [3.05, 3.63) is 89.5 Å². The van der Waals surface area contributed by atoms with Crippen molar-refractivity contribution in [1.82, 2.24) is 5.32 Å². The normalized spacial score (nSPS) is 19.4. The van der Waals surface area contributed by atoms with Gasteiger partial charge < -0.3 is 19.5 Å². The number of benzene rings is 3. The largest absolute Gasteiger partial charge is 0.493 e. The molecule has 0 bridgehead atoms. The predicted molar refractivity (Wildman–Crippen MR) is 137 cm³/mol. The summed E-state index contributed by atoms with van der Waals surface area (Å²) in [6.07, 6.45) is 7.48. The third-order valence-corrected chi connectivity index (χ3v) is 6.70. The Labute approximate surface area is 206 Å². The summed E-state index contributed by atoms with van der Waals surface area (Å²) >= 11 is 0. The van der Waals surface area contributed by atoms with Crippen LogP contribution in [0.1, 0.15) is 49.1 Å². The van der Waals surface area contributed by atoms with Gasteiger partial charge in [-0.15, -0.1) is 0 Å². The maximum absolute atomic E-state index is 12.7. The van der Waals surface area contributed by atoms with Gasteiger partial charge in [0.1, 0.15) is 11.5 Å². The van der Waals surface area contributed by atoms with Gasteiger partial charge in [-0.1, -0.05) is 36.4 Å². The van der Waals surface area contributed by atoms with E-state index in [9.17, 15) is 4.79 Å². The van der Waals surface area contributed by atoms with E-state index in [4.69, 9.17) is 14.2 Å². The lowest BCUT2D eigenvalue weighted by Crippen LogP contribution is -2.35. The maximum atomic E-state index is 12.7. The lowest BCUT2D eigenvalue weighted by Gasteiger charge is -2.26. The fraction of sp³-hybridized carbons (Fsp3) is 0.300. The lowest BCUT2D eigenvalue weighted by atomic mass is 9.87. The molecule has 2 aliphatic rings. The van der Waals surface area contributed by atoms with Crippen molar-refractivity contribution in [2.45, 2.75) is 44.1 Å². The van der Waals surface area contributed by atoms with Gasteiger partial charge in [0, 0.05) is 18.0 Å². The average molecular weight is 470 g/mol. The SMILES string of the molecule is COc1ccc(C2CNC(=O)C(=Cc3cccc(Oc4ccccc4)c3)C2)cc1OC1CCCC1. The average Bonchev–Trinajstić information content (AvgIpc) is 3.39. The van der Waals surface area contributed by atoms with E-state index in [1.807, 2.05) is 66.7 Å². The molecule has 35 heavy (non-hydrogen) atoms. The van der Waals surface area contributed by atoms with E-state index in [0.29, 0.717) is 13.0 Å². The van der Waals surface area contributed by atoms with Gasteiger partial charge in [0.25, 0.3) is 0 Å². The van der Waals surface area contributed by atoms with Gasteiger partial charge in [-0.3, -0.25) is 4.79 Å². The highest BCUT2D eigenvalue weighted by molar-refractivity contribution is 5.98. The number of para-hydroxylation sites is 1. The first kappa shape index (κ1) is 23.0. The number of nitrogens with one attached hydrogen (secondary N) is 1. The number of carbonyl (C=O) groups is 1. The smallest absolute Gasteiger partial charge is 0.247 e. The van der Waals surface area contributed by atoms with Crippen LogP contribution in [0.3, 0.4) is 0 Å². The minimum atomic E-state index is -0.0217. The van der Waals surface area contributed by atoms with Crippen LogP contribution in [0.15, 0.2) is 78.4 Å². The molecule has 1 aliphatic carbocycles. The molecule has 0 spiro atoms. The van der Waals surface area contributed by atoms with Gasteiger partial charge >= 0.3 is 0 Å². The Kier molecular flexibility index (Phi) is 7.03. The van der Waals surface area contributed by atoms with Crippen molar-refractivity contribution in [2.75, 3.05) is 13.7 Å². The third kappa shape index (κ3) is 5.68. The van der Waals surface area contributed by atoms with Crippen LogP contribution in [0, 0.1) is 0 Å². The zero-order valence-electron chi connectivity index (χ0n) is 20.0. The van der Waals surface area contributed by atoms with Crippen LogP contribution in [0.5, 0.6) is 23.0 Å². The Bertz CT molecular complexity index is 1200. The number of ether oxygens (including phenoxy) is 3. The summed E-state index contributed by atoms with van der Waals surface area (Å²) in [5, 5.41) is 3.07. The second-order valence-corrected chi connectivity index (χ2v) is 9.20. The number of amides is 1. The van der Waals surface area contributed by atoms with Crippen molar-refractivity contribution in [1.29, 1.82) is 0 Å². The van der Waals surface area contributed by atoms with E-state index in [1.165, 1.54) is 12.8 Å². The van der Waals surface area contributed by atoms with Gasteiger partial charge in [0.05, 0.1) is 13.2 Å². The van der Waals surface area contributed by atoms with Crippen LogP contribution in [-0.2, 0) is 4.79 Å². The molecular formula is C30H31NO4. The first-order chi connectivity index (χ1) is 17.2. The molecule has 1 saturated heterocycles. The zero-order chi connectivity index (χ0) is 24.0. The Morgan fingerprint density at radius 3 is 2.49 bits per heavy atom. The fourth-order valence-corrected chi connectivity index (χ4v) is 4.84. The molecule has 0 radical (unpaired) electrons. The summed E-state index contributed by atoms with van der Waals surface area (Å²) < 4.78 is 17.8.